The number of rotatable bonds is 7. The molecule has 4 heteroatoms. The van der Waals surface area contributed by atoms with Crippen LogP contribution in [-0.4, -0.2) is 25.8 Å². The van der Waals surface area contributed by atoms with Crippen molar-refractivity contribution in [2.75, 3.05) is 19.5 Å². The van der Waals surface area contributed by atoms with Gasteiger partial charge in [-0.25, -0.2) is 0 Å². The van der Waals surface area contributed by atoms with Gasteiger partial charge in [-0.3, -0.25) is 4.79 Å². The summed E-state index contributed by atoms with van der Waals surface area (Å²) in [7, 11) is 1.56. The van der Waals surface area contributed by atoms with Gasteiger partial charge in [-0.1, -0.05) is 18.2 Å². The molecule has 0 aliphatic carbocycles. The first-order valence-corrected chi connectivity index (χ1v) is 7.26. The number of ether oxygens (including phenoxy) is 2. The quantitative estimate of drug-likeness (QED) is 0.442. The molecule has 0 N–H and O–H groups in total. The maximum atomic E-state index is 10.7. The molecule has 0 saturated heterocycles. The number of benzene rings is 2. The molecule has 2 rings (SSSR count). The lowest BCUT2D eigenvalue weighted by Gasteiger charge is -2.10. The smallest absolute Gasteiger partial charge is 0.161 e. The monoisotopic (exact) mass is 288 g/mol. The van der Waals surface area contributed by atoms with Crippen molar-refractivity contribution in [2.24, 2.45) is 0 Å². The van der Waals surface area contributed by atoms with Crippen LogP contribution in [0.25, 0.3) is 0 Å². The Labute approximate surface area is 122 Å². The first kappa shape index (κ1) is 14.5. The van der Waals surface area contributed by atoms with Crippen molar-refractivity contribution in [3.8, 4) is 11.5 Å². The van der Waals surface area contributed by atoms with Crippen molar-refractivity contribution in [2.45, 2.75) is 4.90 Å². The molecule has 0 spiro atoms. The lowest BCUT2D eigenvalue weighted by Crippen LogP contribution is -2.02. The standard InChI is InChI=1S/C16H16O3S/c1-18-16-11-13(12-17)7-8-15(16)19-9-10-20-14-5-3-2-4-6-14/h2-8,11-12H,9-10H2,1H3. The van der Waals surface area contributed by atoms with Crippen LogP contribution in [-0.2, 0) is 0 Å². The van der Waals surface area contributed by atoms with Gasteiger partial charge in [0.15, 0.2) is 11.5 Å². The van der Waals surface area contributed by atoms with E-state index in [1.807, 2.05) is 18.2 Å². The molecule has 0 aliphatic rings. The zero-order chi connectivity index (χ0) is 14.2. The molecule has 0 fully saturated rings. The van der Waals surface area contributed by atoms with Crippen LogP contribution in [0.4, 0.5) is 0 Å². The van der Waals surface area contributed by atoms with E-state index >= 15 is 0 Å². The third kappa shape index (κ3) is 4.03. The van der Waals surface area contributed by atoms with Gasteiger partial charge < -0.3 is 9.47 Å². The van der Waals surface area contributed by atoms with Crippen LogP contribution in [0.15, 0.2) is 53.4 Å². The Morgan fingerprint density at radius 3 is 2.60 bits per heavy atom. The van der Waals surface area contributed by atoms with Gasteiger partial charge in [0.05, 0.1) is 13.7 Å². The van der Waals surface area contributed by atoms with Crippen LogP contribution in [0.3, 0.4) is 0 Å². The molecule has 0 bridgehead atoms. The van der Waals surface area contributed by atoms with Gasteiger partial charge in [0, 0.05) is 16.2 Å². The fourth-order valence-electron chi connectivity index (χ4n) is 1.70. The molecule has 2 aromatic carbocycles. The highest BCUT2D eigenvalue weighted by atomic mass is 32.2. The Morgan fingerprint density at radius 1 is 1.10 bits per heavy atom. The van der Waals surface area contributed by atoms with Crippen LogP contribution >= 0.6 is 11.8 Å². The van der Waals surface area contributed by atoms with E-state index in [0.29, 0.717) is 23.7 Å². The van der Waals surface area contributed by atoms with Crippen molar-refractivity contribution in [3.63, 3.8) is 0 Å². The van der Waals surface area contributed by atoms with E-state index in [0.717, 1.165) is 12.0 Å². The van der Waals surface area contributed by atoms with Crippen LogP contribution in [0.1, 0.15) is 10.4 Å². The minimum absolute atomic E-state index is 0.577. The van der Waals surface area contributed by atoms with Crippen molar-refractivity contribution in [1.82, 2.24) is 0 Å². The summed E-state index contributed by atoms with van der Waals surface area (Å²) in [6.07, 6.45) is 0.789. The summed E-state index contributed by atoms with van der Waals surface area (Å²) < 4.78 is 10.9. The van der Waals surface area contributed by atoms with Gasteiger partial charge in [0.2, 0.25) is 0 Å². The van der Waals surface area contributed by atoms with Gasteiger partial charge >= 0.3 is 0 Å². The molecule has 3 nitrogen and oxygen atoms in total. The number of carbonyl (C=O) groups is 1. The predicted molar refractivity (Wildman–Crippen MR) is 81.0 cm³/mol. The van der Waals surface area contributed by atoms with E-state index in [1.165, 1.54) is 4.90 Å². The summed E-state index contributed by atoms with van der Waals surface area (Å²) in [5, 5.41) is 0. The van der Waals surface area contributed by atoms with E-state index in [1.54, 1.807) is 37.1 Å². The number of thioether (sulfide) groups is 1. The van der Waals surface area contributed by atoms with Crippen molar-refractivity contribution < 1.29 is 14.3 Å². The van der Waals surface area contributed by atoms with E-state index in [-0.39, 0.29) is 0 Å². The predicted octanol–water partition coefficient (Wildman–Crippen LogP) is 3.68. The van der Waals surface area contributed by atoms with E-state index in [2.05, 4.69) is 12.1 Å². The number of methoxy groups -OCH3 is 1. The molecule has 2 aromatic rings. The first-order chi connectivity index (χ1) is 9.83. The van der Waals surface area contributed by atoms with Crippen molar-refractivity contribution in [1.29, 1.82) is 0 Å². The molecule has 20 heavy (non-hydrogen) atoms. The second-order valence-electron chi connectivity index (χ2n) is 4.04. The highest BCUT2D eigenvalue weighted by molar-refractivity contribution is 7.99. The Morgan fingerprint density at radius 2 is 1.90 bits per heavy atom. The maximum Gasteiger partial charge on any atom is 0.161 e. The highest BCUT2D eigenvalue weighted by Crippen LogP contribution is 2.28. The van der Waals surface area contributed by atoms with Crippen LogP contribution in [0, 0.1) is 0 Å². The van der Waals surface area contributed by atoms with E-state index in [4.69, 9.17) is 9.47 Å². The van der Waals surface area contributed by atoms with Crippen molar-refractivity contribution >= 4 is 18.0 Å². The van der Waals surface area contributed by atoms with Crippen LogP contribution in [0.5, 0.6) is 11.5 Å². The Kier molecular flexibility index (Phi) is 5.50. The second-order valence-corrected chi connectivity index (χ2v) is 5.21. The molecule has 0 unspecified atom stereocenters. The molecule has 0 aromatic heterocycles. The molecule has 104 valence electrons. The SMILES string of the molecule is COc1cc(C=O)ccc1OCCSc1ccccc1. The first-order valence-electron chi connectivity index (χ1n) is 6.27. The van der Waals surface area contributed by atoms with Gasteiger partial charge in [0.1, 0.15) is 6.29 Å². The second kappa shape index (κ2) is 7.60. The number of hydrogen-bond acceptors (Lipinski definition) is 4. The Bertz CT molecular complexity index is 555. The normalized spacial score (nSPS) is 10.1. The minimum Gasteiger partial charge on any atom is -0.493 e. The largest absolute Gasteiger partial charge is 0.493 e. The highest BCUT2D eigenvalue weighted by Gasteiger charge is 2.05. The minimum atomic E-state index is 0.577. The van der Waals surface area contributed by atoms with Gasteiger partial charge in [-0.15, -0.1) is 11.8 Å². The van der Waals surface area contributed by atoms with E-state index in [9.17, 15) is 4.79 Å². The van der Waals surface area contributed by atoms with Crippen LogP contribution in [0.2, 0.25) is 0 Å². The third-order valence-electron chi connectivity index (χ3n) is 2.68. The van der Waals surface area contributed by atoms with Gasteiger partial charge in [-0.2, -0.15) is 0 Å². The Hall–Kier alpha value is -1.94. The topological polar surface area (TPSA) is 35.5 Å². The van der Waals surface area contributed by atoms with Crippen LogP contribution < -0.4 is 9.47 Å². The summed E-state index contributed by atoms with van der Waals surface area (Å²) >= 11 is 1.74. The lowest BCUT2D eigenvalue weighted by molar-refractivity contribution is 0.112. The lowest BCUT2D eigenvalue weighted by atomic mass is 10.2. The number of carbonyl (C=O) groups excluding carboxylic acids is 1. The zero-order valence-electron chi connectivity index (χ0n) is 11.2. The summed E-state index contributed by atoms with van der Waals surface area (Å²) in [5.74, 6) is 2.09. The molecule has 0 heterocycles. The van der Waals surface area contributed by atoms with Gasteiger partial charge in [0.25, 0.3) is 0 Å². The average Bonchev–Trinajstić information content (AvgIpc) is 2.52. The molecule has 0 atom stereocenters. The molecule has 0 aliphatic heterocycles. The fourth-order valence-corrected chi connectivity index (χ4v) is 2.46. The third-order valence-corrected chi connectivity index (χ3v) is 3.65. The van der Waals surface area contributed by atoms with E-state index < -0.39 is 0 Å². The maximum absolute atomic E-state index is 10.7. The number of aldehydes is 1. The number of hydrogen-bond donors (Lipinski definition) is 0. The van der Waals surface area contributed by atoms with Gasteiger partial charge in [-0.05, 0) is 30.3 Å². The molecular weight excluding hydrogens is 272 g/mol. The molecule has 0 radical (unpaired) electrons. The fraction of sp³-hybridized carbons (Fsp3) is 0.188. The molecule has 0 amide bonds. The summed E-state index contributed by atoms with van der Waals surface area (Å²) in [5.41, 5.74) is 0.577. The Balaban J connectivity index is 1.86. The zero-order valence-corrected chi connectivity index (χ0v) is 12.1. The van der Waals surface area contributed by atoms with Crippen molar-refractivity contribution in [3.05, 3.63) is 54.1 Å². The summed E-state index contributed by atoms with van der Waals surface area (Å²) in [4.78, 5) is 11.9. The average molecular weight is 288 g/mol. The summed E-state index contributed by atoms with van der Waals surface area (Å²) in [6, 6.07) is 15.3. The molecular formula is C16H16O3S. The summed E-state index contributed by atoms with van der Waals surface area (Å²) in [6.45, 7) is 0.580. The molecule has 0 saturated carbocycles.